The van der Waals surface area contributed by atoms with E-state index in [1.54, 1.807) is 0 Å². The van der Waals surface area contributed by atoms with Crippen LogP contribution in [0.3, 0.4) is 0 Å². The highest BCUT2D eigenvalue weighted by Gasteiger charge is 2.36. The molecule has 1 aliphatic rings. The molecule has 0 unspecified atom stereocenters. The van der Waals surface area contributed by atoms with Gasteiger partial charge in [-0.2, -0.15) is 0 Å². The standard InChI is InChI=1S/C22H28O7/c1-10-7-12-8-15(26-3)21(28-5)19(25)16(12)17-13(18(24)11(10)2)9-14(23)20(27-4)22(17)29-6/h8-11,18,23-25H,7H2,1-6H3/t10-,11-,18-/m0/s1. The minimum absolute atomic E-state index is 0.0876. The molecule has 3 rings (SSSR count). The van der Waals surface area contributed by atoms with E-state index in [9.17, 15) is 15.3 Å². The number of phenols is 2. The Bertz CT molecular complexity index is 922. The third kappa shape index (κ3) is 3.19. The van der Waals surface area contributed by atoms with Gasteiger partial charge in [0.25, 0.3) is 0 Å². The van der Waals surface area contributed by atoms with E-state index in [0.717, 1.165) is 5.56 Å². The van der Waals surface area contributed by atoms with Crippen LogP contribution >= 0.6 is 0 Å². The molecular weight excluding hydrogens is 376 g/mol. The highest BCUT2D eigenvalue weighted by Crippen LogP contribution is 2.56. The van der Waals surface area contributed by atoms with Gasteiger partial charge in [-0.1, -0.05) is 13.8 Å². The van der Waals surface area contributed by atoms with Crippen molar-refractivity contribution < 1.29 is 34.3 Å². The normalized spacial score (nSPS) is 20.7. The van der Waals surface area contributed by atoms with Crippen LogP contribution in [0.25, 0.3) is 11.1 Å². The summed E-state index contributed by atoms with van der Waals surface area (Å²) in [7, 11) is 5.83. The maximum atomic E-state index is 11.2. The SMILES string of the molecule is COc1cc2c(c(O)c1OC)-c1c(cc(O)c(OC)c1OC)[C@@H](O)[C@@H](C)[C@@H](C)C2. The van der Waals surface area contributed by atoms with Crippen molar-refractivity contribution in [1.29, 1.82) is 0 Å². The first-order valence-electron chi connectivity index (χ1n) is 9.43. The third-order valence-corrected chi connectivity index (χ3v) is 5.89. The van der Waals surface area contributed by atoms with Gasteiger partial charge in [0.15, 0.2) is 23.0 Å². The summed E-state index contributed by atoms with van der Waals surface area (Å²) in [6, 6.07) is 3.30. The molecule has 0 saturated carbocycles. The van der Waals surface area contributed by atoms with Gasteiger partial charge in [-0.25, -0.2) is 0 Å². The van der Waals surface area contributed by atoms with E-state index >= 15 is 0 Å². The predicted octanol–water partition coefficient (Wildman–Crippen LogP) is 3.66. The molecule has 0 aromatic heterocycles. The molecular formula is C22H28O7. The van der Waals surface area contributed by atoms with Crippen LogP contribution in [-0.4, -0.2) is 43.8 Å². The van der Waals surface area contributed by atoms with Crippen LogP contribution in [0.2, 0.25) is 0 Å². The summed E-state index contributed by atoms with van der Waals surface area (Å²) in [4.78, 5) is 0. The molecule has 7 nitrogen and oxygen atoms in total. The molecule has 29 heavy (non-hydrogen) atoms. The van der Waals surface area contributed by atoms with E-state index in [4.69, 9.17) is 18.9 Å². The van der Waals surface area contributed by atoms with Crippen molar-refractivity contribution in [3.05, 3.63) is 23.3 Å². The largest absolute Gasteiger partial charge is 0.504 e. The van der Waals surface area contributed by atoms with Crippen LogP contribution in [0.1, 0.15) is 31.1 Å². The molecule has 0 heterocycles. The second-order valence-electron chi connectivity index (χ2n) is 7.41. The van der Waals surface area contributed by atoms with Gasteiger partial charge >= 0.3 is 0 Å². The minimum atomic E-state index is -0.883. The molecule has 0 bridgehead atoms. The van der Waals surface area contributed by atoms with E-state index < -0.39 is 6.10 Å². The molecule has 2 aromatic carbocycles. The molecule has 3 N–H and O–H groups in total. The number of hydrogen-bond acceptors (Lipinski definition) is 7. The summed E-state index contributed by atoms with van der Waals surface area (Å²) in [5, 5.41) is 32.8. The average Bonchev–Trinajstić information content (AvgIpc) is 2.71. The molecule has 0 radical (unpaired) electrons. The monoisotopic (exact) mass is 404 g/mol. The number of phenolic OH excluding ortho intramolecular Hbond substituents is 2. The van der Waals surface area contributed by atoms with Crippen molar-refractivity contribution in [3.8, 4) is 45.6 Å². The summed E-state index contributed by atoms with van der Waals surface area (Å²) >= 11 is 0. The Morgan fingerprint density at radius 3 is 2.00 bits per heavy atom. The van der Waals surface area contributed by atoms with Crippen molar-refractivity contribution in [2.24, 2.45) is 11.8 Å². The number of aliphatic hydroxyl groups excluding tert-OH is 1. The number of hydrogen-bond donors (Lipinski definition) is 3. The number of benzene rings is 2. The number of aromatic hydroxyl groups is 2. The summed E-state index contributed by atoms with van der Waals surface area (Å²) < 4.78 is 21.7. The third-order valence-electron chi connectivity index (χ3n) is 5.89. The number of rotatable bonds is 4. The van der Waals surface area contributed by atoms with Gasteiger partial charge in [-0.05, 0) is 41.5 Å². The molecule has 3 atom stereocenters. The van der Waals surface area contributed by atoms with Gasteiger partial charge in [-0.3, -0.25) is 0 Å². The number of fused-ring (bicyclic) bond motifs is 3. The number of aliphatic hydroxyl groups is 1. The zero-order valence-electron chi connectivity index (χ0n) is 17.6. The molecule has 0 saturated heterocycles. The molecule has 0 spiro atoms. The first-order chi connectivity index (χ1) is 13.8. The molecule has 1 aliphatic carbocycles. The van der Waals surface area contributed by atoms with Crippen LogP contribution in [0.5, 0.6) is 34.5 Å². The Labute approximate surface area is 170 Å². The molecule has 0 amide bonds. The minimum Gasteiger partial charge on any atom is -0.504 e. The van der Waals surface area contributed by atoms with E-state index in [0.29, 0.717) is 28.9 Å². The maximum Gasteiger partial charge on any atom is 0.203 e. The lowest BCUT2D eigenvalue weighted by Crippen LogP contribution is -2.22. The van der Waals surface area contributed by atoms with E-state index in [1.165, 1.54) is 34.5 Å². The van der Waals surface area contributed by atoms with Crippen molar-refractivity contribution in [1.82, 2.24) is 0 Å². The Balaban J connectivity index is 2.52. The van der Waals surface area contributed by atoms with E-state index in [2.05, 4.69) is 0 Å². The van der Waals surface area contributed by atoms with Gasteiger partial charge < -0.3 is 34.3 Å². The van der Waals surface area contributed by atoms with Crippen LogP contribution in [0.15, 0.2) is 12.1 Å². The van der Waals surface area contributed by atoms with Gasteiger partial charge in [0.05, 0.1) is 34.5 Å². The summed E-state index contributed by atoms with van der Waals surface area (Å²) in [6.45, 7) is 4.00. The second-order valence-corrected chi connectivity index (χ2v) is 7.41. The lowest BCUT2D eigenvalue weighted by atomic mass is 9.76. The number of methoxy groups -OCH3 is 4. The first kappa shape index (κ1) is 20.9. The van der Waals surface area contributed by atoms with Crippen LogP contribution in [0.4, 0.5) is 0 Å². The molecule has 0 aliphatic heterocycles. The van der Waals surface area contributed by atoms with Crippen molar-refractivity contribution in [2.75, 3.05) is 28.4 Å². The van der Waals surface area contributed by atoms with Gasteiger partial charge in [0.2, 0.25) is 11.5 Å². The van der Waals surface area contributed by atoms with Crippen LogP contribution < -0.4 is 18.9 Å². The van der Waals surface area contributed by atoms with Gasteiger partial charge in [0.1, 0.15) is 0 Å². The maximum absolute atomic E-state index is 11.2. The van der Waals surface area contributed by atoms with Crippen LogP contribution in [-0.2, 0) is 6.42 Å². The van der Waals surface area contributed by atoms with Crippen molar-refractivity contribution >= 4 is 0 Å². The molecule has 158 valence electrons. The Kier molecular flexibility index (Phi) is 5.71. The Morgan fingerprint density at radius 1 is 0.828 bits per heavy atom. The van der Waals surface area contributed by atoms with Crippen molar-refractivity contribution in [2.45, 2.75) is 26.4 Å². The lowest BCUT2D eigenvalue weighted by molar-refractivity contribution is 0.0862. The second kappa shape index (κ2) is 7.91. The molecule has 7 heteroatoms. The van der Waals surface area contributed by atoms with Crippen LogP contribution in [0, 0.1) is 11.8 Å². The molecule has 0 fully saturated rings. The summed E-state index contributed by atoms with van der Waals surface area (Å²) in [5.74, 6) is 0.649. The zero-order valence-corrected chi connectivity index (χ0v) is 17.6. The summed E-state index contributed by atoms with van der Waals surface area (Å²) in [6.07, 6.45) is -0.292. The molecule has 2 aromatic rings. The smallest absolute Gasteiger partial charge is 0.203 e. The highest BCUT2D eigenvalue weighted by atomic mass is 16.5. The Morgan fingerprint density at radius 2 is 1.45 bits per heavy atom. The predicted molar refractivity (Wildman–Crippen MR) is 108 cm³/mol. The topological polar surface area (TPSA) is 97.6 Å². The van der Waals surface area contributed by atoms with Gasteiger partial charge in [-0.15, -0.1) is 0 Å². The van der Waals surface area contributed by atoms with Gasteiger partial charge in [0, 0.05) is 11.1 Å². The average molecular weight is 404 g/mol. The first-order valence-corrected chi connectivity index (χ1v) is 9.43. The summed E-state index contributed by atoms with van der Waals surface area (Å²) in [5.41, 5.74) is 2.19. The lowest BCUT2D eigenvalue weighted by Gasteiger charge is -2.33. The van der Waals surface area contributed by atoms with E-state index in [-0.39, 0.29) is 40.6 Å². The fourth-order valence-electron chi connectivity index (χ4n) is 4.12. The van der Waals surface area contributed by atoms with Crippen molar-refractivity contribution in [3.63, 3.8) is 0 Å². The number of ether oxygens (including phenoxy) is 4. The highest BCUT2D eigenvalue weighted by molar-refractivity contribution is 5.88. The zero-order chi connectivity index (χ0) is 21.5. The van der Waals surface area contributed by atoms with E-state index in [1.807, 2.05) is 19.9 Å². The Hall–Kier alpha value is -2.80. The fraction of sp³-hybridized carbons (Fsp3) is 0.455. The quantitative estimate of drug-likeness (QED) is 0.715. The fourth-order valence-corrected chi connectivity index (χ4v) is 4.12.